The lowest BCUT2D eigenvalue weighted by Crippen LogP contribution is -2.51. The van der Waals surface area contributed by atoms with E-state index in [-0.39, 0.29) is 0 Å². The summed E-state index contributed by atoms with van der Waals surface area (Å²) in [5, 5.41) is 16.9. The van der Waals surface area contributed by atoms with Gasteiger partial charge in [0.25, 0.3) is 0 Å². The predicted molar refractivity (Wildman–Crippen MR) is 84.1 cm³/mol. The lowest BCUT2D eigenvalue weighted by atomic mass is 10.0. The molecule has 0 unspecified atom stereocenters. The monoisotopic (exact) mass is 298 g/mol. The van der Waals surface area contributed by atoms with Gasteiger partial charge in [0.15, 0.2) is 11.5 Å². The van der Waals surface area contributed by atoms with Crippen LogP contribution in [-0.2, 0) is 0 Å². The van der Waals surface area contributed by atoms with Crippen LogP contribution in [-0.4, -0.2) is 46.0 Å². The molecule has 1 aliphatic heterocycles. The van der Waals surface area contributed by atoms with Crippen molar-refractivity contribution in [3.05, 3.63) is 18.0 Å². The Balaban J connectivity index is 1.24. The van der Waals surface area contributed by atoms with Gasteiger partial charge in [-0.05, 0) is 50.3 Å². The SMILES string of the molecule is c1cc2nnc(C3CC3)n2nc1N1CC(CNCC2CC2)C1. The smallest absolute Gasteiger partial charge is 0.178 e. The molecule has 5 rings (SSSR count). The van der Waals surface area contributed by atoms with Crippen molar-refractivity contribution in [1.29, 1.82) is 0 Å². The van der Waals surface area contributed by atoms with Crippen molar-refractivity contribution in [2.75, 3.05) is 31.1 Å². The first-order valence-corrected chi connectivity index (χ1v) is 8.55. The molecule has 2 aromatic rings. The molecule has 0 atom stereocenters. The third-order valence-corrected chi connectivity index (χ3v) is 5.06. The number of nitrogens with zero attached hydrogens (tertiary/aromatic N) is 5. The topological polar surface area (TPSA) is 58.4 Å². The summed E-state index contributed by atoms with van der Waals surface area (Å²) in [6.07, 6.45) is 5.31. The lowest BCUT2D eigenvalue weighted by molar-refractivity contribution is 0.379. The van der Waals surface area contributed by atoms with Gasteiger partial charge in [0.1, 0.15) is 5.82 Å². The second-order valence-electron chi connectivity index (χ2n) is 7.17. The minimum absolute atomic E-state index is 0.577. The second kappa shape index (κ2) is 4.91. The van der Waals surface area contributed by atoms with Crippen molar-refractivity contribution >= 4 is 11.5 Å². The Morgan fingerprint density at radius 1 is 1.00 bits per heavy atom. The van der Waals surface area contributed by atoms with Gasteiger partial charge >= 0.3 is 0 Å². The van der Waals surface area contributed by atoms with E-state index >= 15 is 0 Å². The predicted octanol–water partition coefficient (Wildman–Crippen LogP) is 1.44. The third-order valence-electron chi connectivity index (χ3n) is 5.06. The van der Waals surface area contributed by atoms with Crippen LogP contribution in [0.25, 0.3) is 5.65 Å². The number of hydrogen-bond donors (Lipinski definition) is 1. The Hall–Kier alpha value is -1.69. The molecular weight excluding hydrogens is 276 g/mol. The van der Waals surface area contributed by atoms with Crippen molar-refractivity contribution in [3.63, 3.8) is 0 Å². The van der Waals surface area contributed by atoms with E-state index in [0.717, 1.165) is 48.8 Å². The van der Waals surface area contributed by atoms with Gasteiger partial charge < -0.3 is 10.2 Å². The molecule has 2 aliphatic carbocycles. The molecule has 0 amide bonds. The fourth-order valence-electron chi connectivity index (χ4n) is 3.26. The molecule has 6 nitrogen and oxygen atoms in total. The van der Waals surface area contributed by atoms with Crippen LogP contribution in [0.4, 0.5) is 5.82 Å². The summed E-state index contributed by atoms with van der Waals surface area (Å²) in [7, 11) is 0. The molecule has 0 bridgehead atoms. The van der Waals surface area contributed by atoms with E-state index in [1.165, 1.54) is 32.2 Å². The van der Waals surface area contributed by atoms with Gasteiger partial charge in [-0.15, -0.1) is 15.3 Å². The summed E-state index contributed by atoms with van der Waals surface area (Å²) in [6, 6.07) is 4.12. The highest BCUT2D eigenvalue weighted by molar-refractivity contribution is 5.47. The highest BCUT2D eigenvalue weighted by Crippen LogP contribution is 2.38. The standard InChI is InChI=1S/C16H22N6/c1-2-11(1)7-17-8-12-9-21(10-12)15-6-5-14-18-19-16(13-3-4-13)22(14)20-15/h5-6,11-13,17H,1-4,7-10H2. The van der Waals surface area contributed by atoms with Crippen molar-refractivity contribution < 1.29 is 0 Å². The van der Waals surface area contributed by atoms with Crippen LogP contribution in [0.1, 0.15) is 37.4 Å². The van der Waals surface area contributed by atoms with Crippen LogP contribution in [0.15, 0.2) is 12.1 Å². The van der Waals surface area contributed by atoms with Crippen LogP contribution in [0.2, 0.25) is 0 Å². The van der Waals surface area contributed by atoms with Gasteiger partial charge in [0.05, 0.1) is 0 Å². The Morgan fingerprint density at radius 3 is 2.59 bits per heavy atom. The zero-order valence-corrected chi connectivity index (χ0v) is 12.8. The van der Waals surface area contributed by atoms with Crippen molar-refractivity contribution in [2.24, 2.45) is 11.8 Å². The number of nitrogens with one attached hydrogen (secondary N) is 1. The number of anilines is 1. The summed E-state index contributed by atoms with van der Waals surface area (Å²) < 4.78 is 1.95. The molecule has 3 heterocycles. The minimum Gasteiger partial charge on any atom is -0.354 e. The average Bonchev–Trinajstić information content (AvgIpc) is 3.40. The molecule has 22 heavy (non-hydrogen) atoms. The summed E-state index contributed by atoms with van der Waals surface area (Å²) in [5.41, 5.74) is 0.869. The first-order chi connectivity index (χ1) is 10.9. The molecule has 6 heteroatoms. The van der Waals surface area contributed by atoms with Gasteiger partial charge in [-0.3, -0.25) is 0 Å². The molecule has 3 aliphatic rings. The fourth-order valence-corrected chi connectivity index (χ4v) is 3.26. The highest BCUT2D eigenvalue weighted by Gasteiger charge is 2.31. The summed E-state index contributed by atoms with van der Waals surface area (Å²) in [6.45, 7) is 4.58. The van der Waals surface area contributed by atoms with Crippen LogP contribution in [0.3, 0.4) is 0 Å². The first-order valence-electron chi connectivity index (χ1n) is 8.55. The molecule has 2 aromatic heterocycles. The van der Waals surface area contributed by atoms with Gasteiger partial charge in [-0.2, -0.15) is 4.52 Å². The molecule has 1 saturated heterocycles. The van der Waals surface area contributed by atoms with Gasteiger partial charge in [0, 0.05) is 31.5 Å². The molecule has 1 N–H and O–H groups in total. The molecule has 0 radical (unpaired) electrons. The summed E-state index contributed by atoms with van der Waals surface area (Å²) in [4.78, 5) is 2.36. The van der Waals surface area contributed by atoms with Gasteiger partial charge in [0.2, 0.25) is 0 Å². The van der Waals surface area contributed by atoms with Crippen molar-refractivity contribution in [3.8, 4) is 0 Å². The first kappa shape index (κ1) is 12.8. The summed E-state index contributed by atoms with van der Waals surface area (Å²) >= 11 is 0. The summed E-state index contributed by atoms with van der Waals surface area (Å²) in [5.74, 6) is 4.41. The van der Waals surface area contributed by atoms with Crippen LogP contribution < -0.4 is 10.2 Å². The van der Waals surface area contributed by atoms with Gasteiger partial charge in [-0.25, -0.2) is 0 Å². The number of aromatic nitrogens is 4. The van der Waals surface area contributed by atoms with Crippen LogP contribution in [0, 0.1) is 11.8 Å². The maximum absolute atomic E-state index is 4.77. The fraction of sp³-hybridized carbons (Fsp3) is 0.688. The number of hydrogen-bond acceptors (Lipinski definition) is 5. The van der Waals surface area contributed by atoms with E-state index in [9.17, 15) is 0 Å². The van der Waals surface area contributed by atoms with Crippen molar-refractivity contribution in [2.45, 2.75) is 31.6 Å². The zero-order chi connectivity index (χ0) is 14.5. The Labute approximate surface area is 129 Å². The van der Waals surface area contributed by atoms with E-state index in [0.29, 0.717) is 5.92 Å². The maximum Gasteiger partial charge on any atom is 0.178 e. The molecule has 0 aromatic carbocycles. The zero-order valence-electron chi connectivity index (χ0n) is 12.8. The van der Waals surface area contributed by atoms with E-state index in [2.05, 4.69) is 26.5 Å². The van der Waals surface area contributed by atoms with E-state index in [1.54, 1.807) is 0 Å². The van der Waals surface area contributed by atoms with E-state index in [4.69, 9.17) is 5.10 Å². The molecule has 0 spiro atoms. The average molecular weight is 298 g/mol. The molecule has 116 valence electrons. The highest BCUT2D eigenvalue weighted by atomic mass is 15.4. The molecule has 3 fully saturated rings. The Kier molecular flexibility index (Phi) is 2.86. The normalized spacial score (nSPS) is 22.3. The van der Waals surface area contributed by atoms with E-state index < -0.39 is 0 Å². The largest absolute Gasteiger partial charge is 0.354 e. The van der Waals surface area contributed by atoms with E-state index in [1.807, 2.05) is 10.6 Å². The Bertz CT molecular complexity index is 681. The molecule has 2 saturated carbocycles. The minimum atomic E-state index is 0.577. The van der Waals surface area contributed by atoms with Crippen molar-refractivity contribution in [1.82, 2.24) is 25.1 Å². The Morgan fingerprint density at radius 2 is 1.82 bits per heavy atom. The van der Waals surface area contributed by atoms with Gasteiger partial charge in [-0.1, -0.05) is 0 Å². The lowest BCUT2D eigenvalue weighted by Gasteiger charge is -2.40. The molecular formula is C16H22N6. The number of rotatable bonds is 6. The number of fused-ring (bicyclic) bond motifs is 1. The maximum atomic E-state index is 4.77. The second-order valence-corrected chi connectivity index (χ2v) is 7.17. The van der Waals surface area contributed by atoms with Crippen LogP contribution in [0.5, 0.6) is 0 Å². The quantitative estimate of drug-likeness (QED) is 0.874. The third kappa shape index (κ3) is 2.35. The van der Waals surface area contributed by atoms with Crippen LogP contribution >= 0.6 is 0 Å².